The third-order valence-corrected chi connectivity index (χ3v) is 5.45. The molecule has 0 atom stereocenters. The average Bonchev–Trinajstić information content (AvgIpc) is 3.23. The third kappa shape index (κ3) is 3.12. The van der Waals surface area contributed by atoms with E-state index in [9.17, 15) is 8.42 Å². The maximum atomic E-state index is 12.7. The highest BCUT2D eigenvalue weighted by molar-refractivity contribution is 9.10. The topological polar surface area (TPSA) is 94.3 Å². The summed E-state index contributed by atoms with van der Waals surface area (Å²) in [5, 5.41) is 7.63. The molecule has 25 heavy (non-hydrogen) atoms. The van der Waals surface area contributed by atoms with E-state index in [-0.39, 0.29) is 16.8 Å². The van der Waals surface area contributed by atoms with Crippen LogP contribution in [0.4, 0.5) is 6.01 Å². The fourth-order valence-electron chi connectivity index (χ4n) is 2.57. The highest BCUT2D eigenvalue weighted by Gasteiger charge is 2.28. The molecule has 0 saturated heterocycles. The number of sulfonamides is 1. The second-order valence-corrected chi connectivity index (χ2v) is 7.94. The summed E-state index contributed by atoms with van der Waals surface area (Å²) in [6.07, 6.45) is 0.663. The minimum Gasteiger partial charge on any atom is -0.492 e. The summed E-state index contributed by atoms with van der Waals surface area (Å²) >= 11 is 3.33. The van der Waals surface area contributed by atoms with Gasteiger partial charge in [0.25, 0.3) is 10.0 Å². The number of fused-ring (bicyclic) bond motifs is 1. The van der Waals surface area contributed by atoms with Crippen molar-refractivity contribution in [2.45, 2.75) is 11.3 Å². The minimum atomic E-state index is -3.93. The molecule has 9 heteroatoms. The van der Waals surface area contributed by atoms with Gasteiger partial charge >= 0.3 is 6.01 Å². The number of anilines is 1. The van der Waals surface area contributed by atoms with E-state index >= 15 is 0 Å². The Morgan fingerprint density at radius 2 is 1.92 bits per heavy atom. The van der Waals surface area contributed by atoms with Crippen LogP contribution in [0, 0.1) is 0 Å². The molecular formula is C16H12BrN3O4S. The molecule has 0 fully saturated rings. The Morgan fingerprint density at radius 1 is 1.12 bits per heavy atom. The lowest BCUT2D eigenvalue weighted by atomic mass is 10.2. The van der Waals surface area contributed by atoms with Crippen LogP contribution in [-0.4, -0.2) is 25.2 Å². The molecule has 3 aromatic rings. The fourth-order valence-corrected chi connectivity index (χ4v) is 4.36. The van der Waals surface area contributed by atoms with Gasteiger partial charge in [0.05, 0.1) is 6.61 Å². The number of rotatable bonds is 4. The molecule has 2 heterocycles. The zero-order valence-corrected chi connectivity index (χ0v) is 15.2. The van der Waals surface area contributed by atoms with Crippen molar-refractivity contribution in [3.8, 4) is 17.2 Å². The van der Waals surface area contributed by atoms with E-state index in [0.29, 0.717) is 28.8 Å². The number of benzene rings is 2. The Balaban J connectivity index is 1.66. The number of nitrogens with zero attached hydrogens (tertiary/aromatic N) is 2. The van der Waals surface area contributed by atoms with Crippen molar-refractivity contribution in [1.82, 2.24) is 10.2 Å². The van der Waals surface area contributed by atoms with Crippen molar-refractivity contribution in [1.29, 1.82) is 0 Å². The first-order valence-electron chi connectivity index (χ1n) is 7.40. The van der Waals surface area contributed by atoms with Gasteiger partial charge in [-0.15, -0.1) is 5.10 Å². The molecule has 2 aromatic carbocycles. The van der Waals surface area contributed by atoms with E-state index in [1.165, 1.54) is 6.07 Å². The Hall–Kier alpha value is -2.39. The lowest BCUT2D eigenvalue weighted by Gasteiger charge is -2.09. The number of hydrogen-bond acceptors (Lipinski definition) is 6. The van der Waals surface area contributed by atoms with E-state index in [1.54, 1.807) is 12.1 Å². The molecule has 7 nitrogen and oxygen atoms in total. The van der Waals surface area contributed by atoms with Gasteiger partial charge in [0, 0.05) is 22.0 Å². The summed E-state index contributed by atoms with van der Waals surface area (Å²) < 4.78 is 39.3. The van der Waals surface area contributed by atoms with Crippen LogP contribution in [0.25, 0.3) is 11.5 Å². The van der Waals surface area contributed by atoms with Gasteiger partial charge in [-0.2, -0.15) is 0 Å². The first-order valence-corrected chi connectivity index (χ1v) is 9.67. The highest BCUT2D eigenvalue weighted by Crippen LogP contribution is 2.36. The van der Waals surface area contributed by atoms with Crippen LogP contribution < -0.4 is 9.46 Å². The van der Waals surface area contributed by atoms with E-state index in [0.717, 1.165) is 5.56 Å². The monoisotopic (exact) mass is 421 g/mol. The minimum absolute atomic E-state index is 0.0360. The van der Waals surface area contributed by atoms with E-state index in [2.05, 4.69) is 30.8 Å². The molecule has 0 bridgehead atoms. The zero-order chi connectivity index (χ0) is 17.4. The van der Waals surface area contributed by atoms with Gasteiger partial charge in [0.15, 0.2) is 0 Å². The van der Waals surface area contributed by atoms with Crippen molar-refractivity contribution in [2.75, 3.05) is 11.3 Å². The van der Waals surface area contributed by atoms with E-state index in [4.69, 9.17) is 9.15 Å². The van der Waals surface area contributed by atoms with E-state index < -0.39 is 10.0 Å². The molecule has 0 saturated carbocycles. The van der Waals surface area contributed by atoms with Crippen LogP contribution in [0.15, 0.2) is 56.2 Å². The van der Waals surface area contributed by atoms with Crippen LogP contribution in [0.1, 0.15) is 5.56 Å². The van der Waals surface area contributed by atoms with Gasteiger partial charge in [-0.3, -0.25) is 0 Å². The van der Waals surface area contributed by atoms with Gasteiger partial charge in [0.2, 0.25) is 5.89 Å². The smallest absolute Gasteiger partial charge is 0.330 e. The lowest BCUT2D eigenvalue weighted by Crippen LogP contribution is -2.14. The van der Waals surface area contributed by atoms with Crippen molar-refractivity contribution in [2.24, 2.45) is 0 Å². The number of aromatic nitrogens is 2. The van der Waals surface area contributed by atoms with E-state index in [1.807, 2.05) is 24.3 Å². The molecular weight excluding hydrogens is 410 g/mol. The number of ether oxygens (including phenoxy) is 1. The second-order valence-electron chi connectivity index (χ2n) is 5.37. The Morgan fingerprint density at radius 3 is 2.72 bits per heavy atom. The molecule has 0 radical (unpaired) electrons. The average molecular weight is 422 g/mol. The van der Waals surface area contributed by atoms with Crippen LogP contribution in [0.3, 0.4) is 0 Å². The van der Waals surface area contributed by atoms with Gasteiger partial charge in [-0.05, 0) is 24.3 Å². The van der Waals surface area contributed by atoms with Gasteiger partial charge < -0.3 is 9.15 Å². The standard InChI is InChI=1S/C16H12BrN3O4S/c17-12-8-11-6-7-23-14(11)13(9-12)25(21,22)20-16-19-18-15(24-16)10-4-2-1-3-5-10/h1-5,8-9H,6-7H2,(H,19,20). The normalized spacial score (nSPS) is 13.3. The number of halogens is 1. The molecule has 1 aliphatic rings. The maximum Gasteiger partial charge on any atom is 0.330 e. The molecule has 1 aromatic heterocycles. The molecule has 4 rings (SSSR count). The molecule has 128 valence electrons. The first-order chi connectivity index (χ1) is 12.0. The van der Waals surface area contributed by atoms with Gasteiger partial charge in [0.1, 0.15) is 10.6 Å². The fraction of sp³-hybridized carbons (Fsp3) is 0.125. The summed E-state index contributed by atoms with van der Waals surface area (Å²) in [6.45, 7) is 0.451. The van der Waals surface area contributed by atoms with Crippen LogP contribution in [0.5, 0.6) is 5.75 Å². The Bertz CT molecular complexity index is 1030. The third-order valence-electron chi connectivity index (χ3n) is 3.67. The number of hydrogen-bond donors (Lipinski definition) is 1. The van der Waals surface area contributed by atoms with Crippen molar-refractivity contribution >= 4 is 32.0 Å². The second kappa shape index (κ2) is 6.16. The largest absolute Gasteiger partial charge is 0.492 e. The van der Waals surface area contributed by atoms with Crippen molar-refractivity contribution in [3.63, 3.8) is 0 Å². The molecule has 0 amide bonds. The molecule has 0 aliphatic carbocycles. The molecule has 0 spiro atoms. The van der Waals surface area contributed by atoms with Crippen LogP contribution in [-0.2, 0) is 16.4 Å². The summed E-state index contributed by atoms with van der Waals surface area (Å²) in [4.78, 5) is 0.0360. The van der Waals surface area contributed by atoms with Crippen LogP contribution in [0.2, 0.25) is 0 Å². The summed E-state index contributed by atoms with van der Waals surface area (Å²) in [7, 11) is -3.93. The van der Waals surface area contributed by atoms with Crippen LogP contribution >= 0.6 is 15.9 Å². The highest BCUT2D eigenvalue weighted by atomic mass is 79.9. The summed E-state index contributed by atoms with van der Waals surface area (Å²) in [6, 6.07) is 12.2. The summed E-state index contributed by atoms with van der Waals surface area (Å²) in [5.74, 6) is 0.590. The first kappa shape index (κ1) is 16.1. The zero-order valence-electron chi connectivity index (χ0n) is 12.8. The predicted molar refractivity (Wildman–Crippen MR) is 93.9 cm³/mol. The summed E-state index contributed by atoms with van der Waals surface area (Å²) in [5.41, 5.74) is 1.54. The maximum absolute atomic E-state index is 12.7. The quantitative estimate of drug-likeness (QED) is 0.694. The Kier molecular flexibility index (Phi) is 3.97. The molecule has 1 aliphatic heterocycles. The Labute approximate surface area is 152 Å². The van der Waals surface area contributed by atoms with Crippen molar-refractivity contribution < 1.29 is 17.6 Å². The van der Waals surface area contributed by atoms with Gasteiger partial charge in [-0.25, -0.2) is 13.1 Å². The predicted octanol–water partition coefficient (Wildman–Crippen LogP) is 3.23. The molecule has 0 unspecified atom stereocenters. The number of nitrogens with one attached hydrogen (secondary N) is 1. The molecule has 1 N–H and O–H groups in total. The van der Waals surface area contributed by atoms with Crippen molar-refractivity contribution in [3.05, 3.63) is 52.5 Å². The van der Waals surface area contributed by atoms with Gasteiger partial charge in [-0.1, -0.05) is 39.2 Å². The SMILES string of the molecule is O=S(=O)(Nc1nnc(-c2ccccc2)o1)c1cc(Br)cc2c1OCC2. The lowest BCUT2D eigenvalue weighted by molar-refractivity contribution is 0.348.